The van der Waals surface area contributed by atoms with Crippen molar-refractivity contribution in [2.45, 2.75) is 70.8 Å². The van der Waals surface area contributed by atoms with E-state index in [4.69, 9.17) is 5.73 Å². The molecule has 1 aromatic rings. The Balaban J connectivity index is 2.42. The van der Waals surface area contributed by atoms with E-state index in [0.29, 0.717) is 5.92 Å². The van der Waals surface area contributed by atoms with Crippen LogP contribution >= 0.6 is 0 Å². The Morgan fingerprint density at radius 1 is 1.17 bits per heavy atom. The lowest BCUT2D eigenvalue weighted by Crippen LogP contribution is -2.39. The molecule has 2 rings (SSSR count). The third-order valence-corrected chi connectivity index (χ3v) is 4.46. The van der Waals surface area contributed by atoms with Gasteiger partial charge >= 0.3 is 0 Å². The highest BCUT2D eigenvalue weighted by Gasteiger charge is 2.31. The molecule has 0 heterocycles. The fraction of sp³-hybridized carbons (Fsp3) is 0.647. The summed E-state index contributed by atoms with van der Waals surface area (Å²) in [6.45, 7) is 6.75. The first-order valence-electron chi connectivity index (χ1n) is 7.49. The quantitative estimate of drug-likeness (QED) is 0.834. The maximum atomic E-state index is 6.73. The topological polar surface area (TPSA) is 26.0 Å². The van der Waals surface area contributed by atoms with Crippen LogP contribution in [0.25, 0.3) is 0 Å². The zero-order chi connectivity index (χ0) is 13.2. The smallest absolute Gasteiger partial charge is 0.0412 e. The van der Waals surface area contributed by atoms with Gasteiger partial charge in [0.1, 0.15) is 0 Å². The second-order valence-electron chi connectivity index (χ2n) is 6.14. The van der Waals surface area contributed by atoms with Crippen molar-refractivity contribution in [3.63, 3.8) is 0 Å². The number of aryl methyl sites for hydroxylation is 1. The highest BCUT2D eigenvalue weighted by atomic mass is 14.7. The van der Waals surface area contributed by atoms with E-state index in [-0.39, 0.29) is 5.54 Å². The first-order chi connectivity index (χ1) is 8.57. The Bertz CT molecular complexity index is 400. The molecule has 2 N–H and O–H groups in total. The number of hydrogen-bond acceptors (Lipinski definition) is 1. The van der Waals surface area contributed by atoms with Gasteiger partial charge in [-0.25, -0.2) is 0 Å². The molecule has 1 nitrogen and oxygen atoms in total. The van der Waals surface area contributed by atoms with Gasteiger partial charge < -0.3 is 5.73 Å². The summed E-state index contributed by atoms with van der Waals surface area (Å²) in [7, 11) is 0. The van der Waals surface area contributed by atoms with Crippen molar-refractivity contribution in [3.8, 4) is 0 Å². The van der Waals surface area contributed by atoms with Crippen molar-refractivity contribution in [2.75, 3.05) is 0 Å². The van der Waals surface area contributed by atoms with E-state index in [2.05, 4.69) is 39.0 Å². The zero-order valence-electron chi connectivity index (χ0n) is 12.1. The monoisotopic (exact) mass is 245 g/mol. The molecule has 0 bridgehead atoms. The van der Waals surface area contributed by atoms with Gasteiger partial charge in [0.05, 0.1) is 0 Å². The van der Waals surface area contributed by atoms with Gasteiger partial charge in [-0.1, -0.05) is 58.2 Å². The molecule has 0 saturated heterocycles. The lowest BCUT2D eigenvalue weighted by atomic mass is 9.74. The van der Waals surface area contributed by atoms with Gasteiger partial charge in [0.15, 0.2) is 0 Å². The average molecular weight is 245 g/mol. The molecule has 0 spiro atoms. The lowest BCUT2D eigenvalue weighted by Gasteiger charge is -2.36. The molecular formula is C17H27N. The molecule has 1 aliphatic rings. The molecule has 18 heavy (non-hydrogen) atoms. The number of benzene rings is 1. The van der Waals surface area contributed by atoms with E-state index < -0.39 is 0 Å². The molecule has 0 radical (unpaired) electrons. The second-order valence-corrected chi connectivity index (χ2v) is 6.14. The van der Waals surface area contributed by atoms with Crippen molar-refractivity contribution in [3.05, 3.63) is 34.9 Å². The van der Waals surface area contributed by atoms with Crippen LogP contribution < -0.4 is 5.73 Å². The van der Waals surface area contributed by atoms with E-state index in [1.807, 2.05) is 0 Å². The molecule has 1 aromatic carbocycles. The van der Waals surface area contributed by atoms with E-state index in [9.17, 15) is 0 Å². The van der Waals surface area contributed by atoms with Gasteiger partial charge in [-0.2, -0.15) is 0 Å². The summed E-state index contributed by atoms with van der Waals surface area (Å²) in [6, 6.07) is 6.96. The minimum atomic E-state index is -0.0610. The molecule has 1 aliphatic carbocycles. The predicted molar refractivity (Wildman–Crippen MR) is 78.9 cm³/mol. The summed E-state index contributed by atoms with van der Waals surface area (Å²) in [6.07, 6.45) is 7.32. The first kappa shape index (κ1) is 13.6. The molecule has 100 valence electrons. The Hall–Kier alpha value is -0.820. The summed E-state index contributed by atoms with van der Waals surface area (Å²) in [4.78, 5) is 0. The van der Waals surface area contributed by atoms with Crippen LogP contribution in [0.5, 0.6) is 0 Å². The van der Waals surface area contributed by atoms with Crippen LogP contribution in [0.15, 0.2) is 18.2 Å². The summed E-state index contributed by atoms with van der Waals surface area (Å²) in [5, 5.41) is 0. The Morgan fingerprint density at radius 2 is 1.83 bits per heavy atom. The zero-order valence-corrected chi connectivity index (χ0v) is 12.1. The lowest BCUT2D eigenvalue weighted by molar-refractivity contribution is 0.300. The minimum Gasteiger partial charge on any atom is -0.321 e. The summed E-state index contributed by atoms with van der Waals surface area (Å²) < 4.78 is 0. The van der Waals surface area contributed by atoms with Crippen LogP contribution in [0.4, 0.5) is 0 Å². The molecular weight excluding hydrogens is 218 g/mol. The van der Waals surface area contributed by atoms with Gasteiger partial charge in [0.25, 0.3) is 0 Å². The molecule has 1 heteroatoms. The van der Waals surface area contributed by atoms with Crippen molar-refractivity contribution in [1.29, 1.82) is 0 Å². The van der Waals surface area contributed by atoms with Crippen LogP contribution in [0.1, 0.15) is 75.5 Å². The van der Waals surface area contributed by atoms with Crippen molar-refractivity contribution < 1.29 is 0 Å². The van der Waals surface area contributed by atoms with Crippen molar-refractivity contribution >= 4 is 0 Å². The molecule has 0 aromatic heterocycles. The molecule has 1 fully saturated rings. The Labute approximate surface area is 112 Å². The minimum absolute atomic E-state index is 0.0610. The number of hydrogen-bond donors (Lipinski definition) is 1. The molecule has 1 saturated carbocycles. The molecule has 0 amide bonds. The predicted octanol–water partition coefficient (Wildman–Crippen LogP) is 4.49. The van der Waals surface area contributed by atoms with Crippen molar-refractivity contribution in [2.24, 2.45) is 5.73 Å². The van der Waals surface area contributed by atoms with Crippen LogP contribution in [0.3, 0.4) is 0 Å². The fourth-order valence-electron chi connectivity index (χ4n) is 3.18. The SMILES string of the molecule is CCc1ccc(C(C)C)cc1C1(N)CCCCC1. The van der Waals surface area contributed by atoms with Gasteiger partial charge in [-0.3, -0.25) is 0 Å². The molecule has 0 unspecified atom stereocenters. The van der Waals surface area contributed by atoms with Gasteiger partial charge in [0.2, 0.25) is 0 Å². The van der Waals surface area contributed by atoms with Gasteiger partial charge in [0, 0.05) is 5.54 Å². The van der Waals surface area contributed by atoms with Gasteiger partial charge in [-0.15, -0.1) is 0 Å². The van der Waals surface area contributed by atoms with Gasteiger partial charge in [-0.05, 0) is 41.9 Å². The summed E-state index contributed by atoms with van der Waals surface area (Å²) in [5.41, 5.74) is 11.0. The van der Waals surface area contributed by atoms with Crippen LogP contribution in [-0.4, -0.2) is 0 Å². The summed E-state index contributed by atoms with van der Waals surface area (Å²) >= 11 is 0. The highest BCUT2D eigenvalue weighted by Crippen LogP contribution is 2.37. The van der Waals surface area contributed by atoms with Crippen LogP contribution in [0, 0.1) is 0 Å². The first-order valence-corrected chi connectivity index (χ1v) is 7.49. The third kappa shape index (κ3) is 2.61. The van der Waals surface area contributed by atoms with Crippen LogP contribution in [0.2, 0.25) is 0 Å². The normalized spacial score (nSPS) is 19.2. The fourth-order valence-corrected chi connectivity index (χ4v) is 3.18. The summed E-state index contributed by atoms with van der Waals surface area (Å²) in [5.74, 6) is 0.585. The maximum Gasteiger partial charge on any atom is 0.0412 e. The second kappa shape index (κ2) is 5.44. The van der Waals surface area contributed by atoms with E-state index in [0.717, 1.165) is 19.3 Å². The standard InChI is InChI=1S/C17H27N/c1-4-14-8-9-15(13(2)3)12-16(14)17(18)10-6-5-7-11-17/h8-9,12-13H,4-7,10-11,18H2,1-3H3. The Morgan fingerprint density at radius 3 is 2.39 bits per heavy atom. The average Bonchev–Trinajstić information content (AvgIpc) is 2.38. The molecule has 0 aliphatic heterocycles. The van der Waals surface area contributed by atoms with E-state index in [1.165, 1.54) is 36.0 Å². The number of rotatable bonds is 3. The highest BCUT2D eigenvalue weighted by molar-refractivity contribution is 5.38. The third-order valence-electron chi connectivity index (χ3n) is 4.46. The molecule has 0 atom stereocenters. The van der Waals surface area contributed by atoms with Crippen molar-refractivity contribution in [1.82, 2.24) is 0 Å². The largest absolute Gasteiger partial charge is 0.321 e. The van der Waals surface area contributed by atoms with Crippen LogP contribution in [-0.2, 0) is 12.0 Å². The Kier molecular flexibility index (Phi) is 4.11. The maximum absolute atomic E-state index is 6.73. The van der Waals surface area contributed by atoms with E-state index in [1.54, 1.807) is 0 Å². The van der Waals surface area contributed by atoms with E-state index >= 15 is 0 Å². The number of nitrogens with two attached hydrogens (primary N) is 1.